The Bertz CT molecular complexity index is 832. The first kappa shape index (κ1) is 15.9. The molecule has 0 saturated heterocycles. The molecule has 119 valence electrons. The number of carbonyl (C=O) groups is 1. The van der Waals surface area contributed by atoms with Crippen LogP contribution in [0.2, 0.25) is 0 Å². The van der Waals surface area contributed by atoms with Gasteiger partial charge in [0.05, 0.1) is 5.69 Å². The van der Waals surface area contributed by atoms with Gasteiger partial charge in [0.25, 0.3) is 0 Å². The van der Waals surface area contributed by atoms with Gasteiger partial charge in [-0.3, -0.25) is 4.98 Å². The molecule has 3 aromatic rings. The molecule has 2 heterocycles. The SMILES string of the molecule is O=C(O)c1cccc(C[CH]Cc2cccc(-c3ccccc3)n2)n1. The Morgan fingerprint density at radius 2 is 1.50 bits per heavy atom. The fourth-order valence-corrected chi connectivity index (χ4v) is 2.44. The largest absolute Gasteiger partial charge is 0.477 e. The maximum atomic E-state index is 10.9. The van der Waals surface area contributed by atoms with Crippen molar-refractivity contribution in [2.24, 2.45) is 0 Å². The number of rotatable bonds is 6. The number of carboxylic acids is 1. The second kappa shape index (κ2) is 7.51. The highest BCUT2D eigenvalue weighted by atomic mass is 16.4. The predicted octanol–water partition coefficient (Wildman–Crippen LogP) is 3.83. The van der Waals surface area contributed by atoms with Gasteiger partial charge in [-0.2, -0.15) is 0 Å². The summed E-state index contributed by atoms with van der Waals surface area (Å²) in [6.45, 7) is 0. The van der Waals surface area contributed by atoms with Crippen molar-refractivity contribution in [1.82, 2.24) is 9.97 Å². The van der Waals surface area contributed by atoms with Crippen LogP contribution in [0.3, 0.4) is 0 Å². The van der Waals surface area contributed by atoms with E-state index in [0.29, 0.717) is 12.8 Å². The molecule has 3 rings (SSSR count). The summed E-state index contributed by atoms with van der Waals surface area (Å²) in [5, 5.41) is 8.97. The molecule has 4 heteroatoms. The molecule has 0 aliphatic heterocycles. The van der Waals surface area contributed by atoms with E-state index in [1.807, 2.05) is 54.6 Å². The summed E-state index contributed by atoms with van der Waals surface area (Å²) in [4.78, 5) is 19.7. The van der Waals surface area contributed by atoms with Crippen molar-refractivity contribution in [3.63, 3.8) is 0 Å². The highest BCUT2D eigenvalue weighted by Crippen LogP contribution is 2.17. The lowest BCUT2D eigenvalue weighted by Gasteiger charge is -2.05. The van der Waals surface area contributed by atoms with Gasteiger partial charge in [0.1, 0.15) is 5.69 Å². The van der Waals surface area contributed by atoms with Gasteiger partial charge >= 0.3 is 5.97 Å². The van der Waals surface area contributed by atoms with Gasteiger partial charge in [0.2, 0.25) is 0 Å². The molecule has 24 heavy (non-hydrogen) atoms. The average molecular weight is 317 g/mol. The summed E-state index contributed by atoms with van der Waals surface area (Å²) in [6, 6.07) is 21.1. The second-order valence-corrected chi connectivity index (χ2v) is 5.40. The van der Waals surface area contributed by atoms with E-state index in [2.05, 4.69) is 16.4 Å². The Morgan fingerprint density at radius 3 is 2.21 bits per heavy atom. The number of aromatic carboxylic acids is 1. The molecule has 1 aromatic carbocycles. The minimum absolute atomic E-state index is 0.0742. The number of hydrogen-bond acceptors (Lipinski definition) is 3. The van der Waals surface area contributed by atoms with Gasteiger partial charge in [-0.25, -0.2) is 9.78 Å². The lowest BCUT2D eigenvalue weighted by Crippen LogP contribution is -2.03. The van der Waals surface area contributed by atoms with Crippen molar-refractivity contribution < 1.29 is 9.90 Å². The minimum atomic E-state index is -1.01. The zero-order valence-electron chi connectivity index (χ0n) is 13.1. The molecule has 0 aliphatic rings. The van der Waals surface area contributed by atoms with Gasteiger partial charge in [0.15, 0.2) is 0 Å². The predicted molar refractivity (Wildman–Crippen MR) is 92.6 cm³/mol. The number of aromatic nitrogens is 2. The Balaban J connectivity index is 1.63. The van der Waals surface area contributed by atoms with Crippen LogP contribution in [0.4, 0.5) is 0 Å². The Labute approximate surface area is 140 Å². The van der Waals surface area contributed by atoms with Gasteiger partial charge in [-0.05, 0) is 43.5 Å². The minimum Gasteiger partial charge on any atom is -0.477 e. The molecular weight excluding hydrogens is 300 g/mol. The van der Waals surface area contributed by atoms with Crippen LogP contribution in [0.25, 0.3) is 11.3 Å². The molecule has 0 spiro atoms. The summed E-state index contributed by atoms with van der Waals surface area (Å²) in [5.41, 5.74) is 3.84. The first-order valence-electron chi connectivity index (χ1n) is 7.74. The molecule has 0 saturated carbocycles. The highest BCUT2D eigenvalue weighted by Gasteiger charge is 2.06. The van der Waals surface area contributed by atoms with Crippen LogP contribution in [0.5, 0.6) is 0 Å². The van der Waals surface area contributed by atoms with Gasteiger partial charge in [-0.1, -0.05) is 42.5 Å². The molecule has 0 unspecified atom stereocenters. The van der Waals surface area contributed by atoms with E-state index in [9.17, 15) is 4.79 Å². The van der Waals surface area contributed by atoms with Crippen molar-refractivity contribution in [2.75, 3.05) is 0 Å². The monoisotopic (exact) mass is 317 g/mol. The highest BCUT2D eigenvalue weighted by molar-refractivity contribution is 5.85. The molecule has 1 N–H and O–H groups in total. The van der Waals surface area contributed by atoms with E-state index < -0.39 is 5.97 Å². The number of pyridine rings is 2. The van der Waals surface area contributed by atoms with E-state index in [4.69, 9.17) is 5.11 Å². The summed E-state index contributed by atoms with van der Waals surface area (Å²) >= 11 is 0. The lowest BCUT2D eigenvalue weighted by atomic mass is 10.1. The standard InChI is InChI=1S/C20H17N2O2/c23-20(24)19-14-6-12-17(22-19)10-4-9-16-11-5-13-18(21-16)15-7-2-1-3-8-15/h1-8,11-14H,9-10H2,(H,23,24). The summed E-state index contributed by atoms with van der Waals surface area (Å²) < 4.78 is 0. The molecule has 4 nitrogen and oxygen atoms in total. The van der Waals surface area contributed by atoms with E-state index >= 15 is 0 Å². The third kappa shape index (κ3) is 4.04. The quantitative estimate of drug-likeness (QED) is 0.750. The van der Waals surface area contributed by atoms with Crippen molar-refractivity contribution in [1.29, 1.82) is 0 Å². The maximum Gasteiger partial charge on any atom is 0.354 e. The van der Waals surface area contributed by atoms with E-state index in [0.717, 1.165) is 22.6 Å². The smallest absolute Gasteiger partial charge is 0.354 e. The van der Waals surface area contributed by atoms with E-state index in [1.54, 1.807) is 6.07 Å². The normalized spacial score (nSPS) is 10.5. The number of hydrogen-bond donors (Lipinski definition) is 1. The zero-order chi connectivity index (χ0) is 16.8. The van der Waals surface area contributed by atoms with Crippen LogP contribution in [0, 0.1) is 6.42 Å². The molecule has 0 amide bonds. The molecule has 0 atom stereocenters. The second-order valence-electron chi connectivity index (χ2n) is 5.40. The van der Waals surface area contributed by atoms with Crippen molar-refractivity contribution in [3.05, 3.63) is 90.2 Å². The third-order valence-corrected chi connectivity index (χ3v) is 3.61. The molecule has 2 aromatic heterocycles. The number of carboxylic acid groups (broad SMARTS) is 1. The maximum absolute atomic E-state index is 10.9. The fourth-order valence-electron chi connectivity index (χ4n) is 2.44. The molecule has 0 bridgehead atoms. The molecular formula is C20H17N2O2. The van der Waals surface area contributed by atoms with Crippen molar-refractivity contribution in [2.45, 2.75) is 12.8 Å². The zero-order valence-corrected chi connectivity index (χ0v) is 13.1. The lowest BCUT2D eigenvalue weighted by molar-refractivity contribution is 0.0690. The summed E-state index contributed by atoms with van der Waals surface area (Å²) in [7, 11) is 0. The number of nitrogens with zero attached hydrogens (tertiary/aromatic N) is 2. The third-order valence-electron chi connectivity index (χ3n) is 3.61. The average Bonchev–Trinajstić information content (AvgIpc) is 2.63. The Kier molecular flexibility index (Phi) is 4.96. The number of benzene rings is 1. The van der Waals surface area contributed by atoms with Crippen LogP contribution in [-0.4, -0.2) is 21.0 Å². The van der Waals surface area contributed by atoms with E-state index in [1.165, 1.54) is 6.07 Å². The van der Waals surface area contributed by atoms with Crippen molar-refractivity contribution >= 4 is 5.97 Å². The van der Waals surface area contributed by atoms with Crippen LogP contribution < -0.4 is 0 Å². The van der Waals surface area contributed by atoms with Crippen LogP contribution in [-0.2, 0) is 12.8 Å². The Morgan fingerprint density at radius 1 is 0.833 bits per heavy atom. The fraction of sp³-hybridized carbons (Fsp3) is 0.100. The van der Waals surface area contributed by atoms with Gasteiger partial charge in [-0.15, -0.1) is 0 Å². The topological polar surface area (TPSA) is 63.1 Å². The molecule has 1 radical (unpaired) electrons. The molecule has 0 fully saturated rings. The van der Waals surface area contributed by atoms with Crippen molar-refractivity contribution in [3.8, 4) is 11.3 Å². The Hall–Kier alpha value is -3.01. The van der Waals surface area contributed by atoms with Gasteiger partial charge in [0, 0.05) is 17.0 Å². The first-order chi connectivity index (χ1) is 11.7. The summed E-state index contributed by atoms with van der Waals surface area (Å²) in [5.74, 6) is -1.01. The van der Waals surface area contributed by atoms with Gasteiger partial charge < -0.3 is 5.11 Å². The van der Waals surface area contributed by atoms with Crippen LogP contribution >= 0.6 is 0 Å². The van der Waals surface area contributed by atoms with Crippen LogP contribution in [0.1, 0.15) is 21.9 Å². The summed E-state index contributed by atoms with van der Waals surface area (Å²) in [6.07, 6.45) is 3.38. The van der Waals surface area contributed by atoms with Crippen LogP contribution in [0.15, 0.2) is 66.7 Å². The molecule has 0 aliphatic carbocycles. The first-order valence-corrected chi connectivity index (χ1v) is 7.74. The van der Waals surface area contributed by atoms with E-state index in [-0.39, 0.29) is 5.69 Å².